The molecule has 372 valence electrons. The standard InChI is InChI=1S/C24H30ClFN4O3.C21H26ClFN4O.C3H5BrO2.ClH/c1-16-20-7-10-29(23(31)11-17-5-8-28(9-6-17)15-24(32)33-2)14-22(20)30(27-16)13-18-3-4-19(25)12-21(18)26;1-14-18-6-9-26(21(28)10-15-4-7-24-8-5-15)13-20(18)27(25-14)12-16-2-3-17(22)11-19(16)23;1-6-3(5)2-4;/h3-4,12,17H,5-11,13-15H2,1-2H3;2-3,11,15,24H,4-10,12-13H2,1H3;2H2,1H3;1H. The number of hydrogen-bond donors (Lipinski definition) is 1. The highest BCUT2D eigenvalue weighted by Gasteiger charge is 2.31. The number of nitrogens with zero attached hydrogens (tertiary/aromatic N) is 7. The fraction of sp³-hybridized carbons (Fsp3) is 0.542. The number of aryl methyl sites for hydroxylation is 2. The van der Waals surface area contributed by atoms with Crippen molar-refractivity contribution in [1.29, 1.82) is 0 Å². The van der Waals surface area contributed by atoms with Gasteiger partial charge in [-0.3, -0.25) is 33.4 Å². The maximum atomic E-state index is 14.3. The van der Waals surface area contributed by atoms with E-state index in [4.69, 9.17) is 27.9 Å². The largest absolute Gasteiger partial charge is 0.468 e. The van der Waals surface area contributed by atoms with Crippen molar-refractivity contribution in [2.24, 2.45) is 11.8 Å². The van der Waals surface area contributed by atoms with Crippen LogP contribution in [-0.4, -0.2) is 123 Å². The molecule has 2 aromatic carbocycles. The zero-order valence-corrected chi connectivity index (χ0v) is 43.1. The SMILES string of the molecule is COC(=O)CBr.COC(=O)CN1CCC(CC(=O)N2CCc3c(C)nn(Cc4ccc(Cl)cc4F)c3C2)CC1.Cc1nn(Cc2ccc(Cl)cc2F)c2c1CCN(C(=O)CC1CCNCC1)C2.Cl. The van der Waals surface area contributed by atoms with Crippen LogP contribution in [0.4, 0.5) is 8.78 Å². The Bertz CT molecular complexity index is 2370. The number of methoxy groups -OCH3 is 2. The average molecular weight is 1070 g/mol. The molecule has 4 aromatic rings. The van der Waals surface area contributed by atoms with Crippen LogP contribution < -0.4 is 5.32 Å². The normalized spacial score (nSPS) is 16.2. The molecule has 20 heteroatoms. The van der Waals surface area contributed by atoms with Crippen molar-refractivity contribution in [3.05, 3.63) is 103 Å². The summed E-state index contributed by atoms with van der Waals surface area (Å²) in [5.74, 6) is 0.0214. The maximum absolute atomic E-state index is 14.3. The molecule has 4 aliphatic heterocycles. The molecule has 0 radical (unpaired) electrons. The summed E-state index contributed by atoms with van der Waals surface area (Å²) >= 11 is 14.6. The summed E-state index contributed by atoms with van der Waals surface area (Å²) in [5.41, 5.74) is 7.33. The van der Waals surface area contributed by atoms with E-state index in [0.717, 1.165) is 99.6 Å². The molecule has 0 unspecified atom stereocenters. The van der Waals surface area contributed by atoms with Crippen molar-refractivity contribution in [3.8, 4) is 0 Å². The Morgan fingerprint density at radius 3 is 1.54 bits per heavy atom. The predicted molar refractivity (Wildman–Crippen MR) is 262 cm³/mol. The van der Waals surface area contributed by atoms with E-state index in [2.05, 4.69) is 41.1 Å². The monoisotopic (exact) mass is 1070 g/mol. The van der Waals surface area contributed by atoms with Gasteiger partial charge in [0.25, 0.3) is 0 Å². The molecule has 2 amide bonds. The quantitative estimate of drug-likeness (QED) is 0.119. The molecule has 4 aliphatic rings. The average Bonchev–Trinajstić information content (AvgIpc) is 3.81. The van der Waals surface area contributed by atoms with Gasteiger partial charge < -0.3 is 24.6 Å². The van der Waals surface area contributed by atoms with E-state index in [1.54, 1.807) is 24.3 Å². The van der Waals surface area contributed by atoms with E-state index in [9.17, 15) is 28.0 Å². The summed E-state index contributed by atoms with van der Waals surface area (Å²) in [6.07, 6.45) is 6.63. The maximum Gasteiger partial charge on any atom is 0.319 e. The number of benzene rings is 2. The van der Waals surface area contributed by atoms with Gasteiger partial charge in [-0.25, -0.2) is 8.78 Å². The van der Waals surface area contributed by atoms with Crippen molar-refractivity contribution in [3.63, 3.8) is 0 Å². The molecule has 0 spiro atoms. The molecule has 0 saturated carbocycles. The van der Waals surface area contributed by atoms with E-state index < -0.39 is 0 Å². The Hall–Kier alpha value is -4.13. The lowest BCUT2D eigenvalue weighted by Gasteiger charge is -2.33. The fourth-order valence-electron chi connectivity index (χ4n) is 9.15. The Morgan fingerprint density at radius 2 is 1.15 bits per heavy atom. The van der Waals surface area contributed by atoms with Crippen LogP contribution in [0, 0.1) is 37.3 Å². The topological polar surface area (TPSA) is 144 Å². The zero-order chi connectivity index (χ0) is 48.2. The Kier molecular flexibility index (Phi) is 21.1. The molecule has 0 bridgehead atoms. The minimum Gasteiger partial charge on any atom is -0.468 e. The number of fused-ring (bicyclic) bond motifs is 2. The second-order valence-corrected chi connectivity index (χ2v) is 19.0. The molecular formula is C48H62BrCl3F2N8O6. The van der Waals surface area contributed by atoms with Crippen LogP contribution in [0.2, 0.25) is 10.0 Å². The number of amides is 2. The Balaban J connectivity index is 0.000000226. The van der Waals surface area contributed by atoms with Crippen LogP contribution in [0.5, 0.6) is 0 Å². The summed E-state index contributed by atoms with van der Waals surface area (Å²) in [4.78, 5) is 53.2. The first kappa shape index (κ1) is 54.8. The van der Waals surface area contributed by atoms with Crippen LogP contribution in [0.1, 0.15) is 83.6 Å². The van der Waals surface area contributed by atoms with Crippen molar-refractivity contribution >= 4 is 75.3 Å². The molecule has 0 aliphatic carbocycles. The van der Waals surface area contributed by atoms with E-state index in [-0.39, 0.29) is 53.1 Å². The van der Waals surface area contributed by atoms with E-state index in [0.29, 0.717) is 85.1 Å². The zero-order valence-electron chi connectivity index (χ0n) is 39.1. The van der Waals surface area contributed by atoms with Crippen molar-refractivity contribution < 1.29 is 37.4 Å². The molecule has 2 fully saturated rings. The van der Waals surface area contributed by atoms with Gasteiger partial charge in [-0.05, 0) is 126 Å². The minimum atomic E-state index is -0.355. The lowest BCUT2D eigenvalue weighted by molar-refractivity contribution is -0.142. The van der Waals surface area contributed by atoms with Crippen LogP contribution in [0.15, 0.2) is 36.4 Å². The smallest absolute Gasteiger partial charge is 0.319 e. The molecule has 2 saturated heterocycles. The van der Waals surface area contributed by atoms with Crippen molar-refractivity contribution in [2.45, 2.75) is 91.4 Å². The number of alkyl halides is 1. The predicted octanol–water partition coefficient (Wildman–Crippen LogP) is 7.47. The first-order valence-corrected chi connectivity index (χ1v) is 24.7. The van der Waals surface area contributed by atoms with E-state index in [1.807, 2.05) is 33.0 Å². The van der Waals surface area contributed by atoms with Gasteiger partial charge in [0.2, 0.25) is 11.8 Å². The van der Waals surface area contributed by atoms with Gasteiger partial charge in [-0.2, -0.15) is 10.2 Å². The number of carbonyl (C=O) groups excluding carboxylic acids is 4. The van der Waals surface area contributed by atoms with E-state index >= 15 is 0 Å². The second-order valence-electron chi connectivity index (χ2n) is 17.5. The second kappa shape index (κ2) is 26.2. The van der Waals surface area contributed by atoms with Crippen molar-refractivity contribution in [2.75, 3.05) is 65.4 Å². The van der Waals surface area contributed by atoms with Gasteiger partial charge >= 0.3 is 11.9 Å². The number of esters is 2. The van der Waals surface area contributed by atoms with Gasteiger partial charge in [-0.1, -0.05) is 51.3 Å². The highest BCUT2D eigenvalue weighted by atomic mass is 79.9. The summed E-state index contributed by atoms with van der Waals surface area (Å²) in [6, 6.07) is 9.39. The number of piperidine rings is 2. The molecule has 6 heterocycles. The number of ether oxygens (including phenoxy) is 2. The highest BCUT2D eigenvalue weighted by molar-refractivity contribution is 9.09. The number of carbonyl (C=O) groups is 4. The van der Waals surface area contributed by atoms with Crippen LogP contribution in [0.3, 0.4) is 0 Å². The van der Waals surface area contributed by atoms with Gasteiger partial charge in [0.05, 0.1) is 69.7 Å². The van der Waals surface area contributed by atoms with Crippen LogP contribution in [-0.2, 0) is 67.7 Å². The third kappa shape index (κ3) is 14.9. The first-order chi connectivity index (χ1) is 32.1. The number of rotatable bonds is 11. The van der Waals surface area contributed by atoms with Crippen LogP contribution >= 0.6 is 51.5 Å². The van der Waals surface area contributed by atoms with Gasteiger partial charge in [-0.15, -0.1) is 12.4 Å². The van der Waals surface area contributed by atoms with Gasteiger partial charge in [0.15, 0.2) is 0 Å². The number of likely N-dealkylation sites (tertiary alicyclic amines) is 1. The highest BCUT2D eigenvalue weighted by Crippen LogP contribution is 2.29. The summed E-state index contributed by atoms with van der Waals surface area (Å²) < 4.78 is 41.2. The molecule has 8 rings (SSSR count). The molecule has 68 heavy (non-hydrogen) atoms. The van der Waals surface area contributed by atoms with Crippen LogP contribution in [0.25, 0.3) is 0 Å². The van der Waals surface area contributed by atoms with Gasteiger partial charge in [0.1, 0.15) is 17.0 Å². The van der Waals surface area contributed by atoms with Crippen molar-refractivity contribution in [1.82, 2.24) is 39.6 Å². The molecule has 2 aromatic heterocycles. The minimum absolute atomic E-state index is 0. The number of nitrogens with one attached hydrogen (secondary N) is 1. The Morgan fingerprint density at radius 1 is 0.706 bits per heavy atom. The first-order valence-electron chi connectivity index (χ1n) is 22.8. The lowest BCUT2D eigenvalue weighted by Crippen LogP contribution is -2.41. The molecule has 0 atom stereocenters. The van der Waals surface area contributed by atoms with Gasteiger partial charge in [0, 0.05) is 47.1 Å². The lowest BCUT2D eigenvalue weighted by atomic mass is 9.92. The number of aromatic nitrogens is 4. The molecule has 1 N–H and O–H groups in total. The molecular weight excluding hydrogens is 1010 g/mol. The summed E-state index contributed by atoms with van der Waals surface area (Å²) in [6.45, 7) is 11.0. The number of hydrogen-bond acceptors (Lipinski definition) is 10. The third-order valence-corrected chi connectivity index (χ3v) is 14.0. The molecule has 14 nitrogen and oxygen atoms in total. The number of halogens is 6. The summed E-state index contributed by atoms with van der Waals surface area (Å²) in [7, 11) is 2.75. The third-order valence-electron chi connectivity index (χ3n) is 13.1. The summed E-state index contributed by atoms with van der Waals surface area (Å²) in [5, 5.41) is 13.6. The Labute approximate surface area is 421 Å². The fourth-order valence-corrected chi connectivity index (χ4v) is 9.70. The van der Waals surface area contributed by atoms with E-state index in [1.165, 1.54) is 31.9 Å².